The molecule has 33 heavy (non-hydrogen) atoms. The molecule has 0 aliphatic carbocycles. The monoisotopic (exact) mass is 441 g/mol. The lowest BCUT2D eigenvalue weighted by atomic mass is 9.99. The minimum Gasteiger partial charge on any atom is -0.497 e. The number of benzene rings is 3. The Labute approximate surface area is 194 Å². The van der Waals surface area contributed by atoms with E-state index in [2.05, 4.69) is 11.4 Å². The van der Waals surface area contributed by atoms with E-state index in [0.717, 1.165) is 0 Å². The van der Waals surface area contributed by atoms with Crippen molar-refractivity contribution in [3.63, 3.8) is 0 Å². The molecule has 0 heterocycles. The summed E-state index contributed by atoms with van der Waals surface area (Å²) in [4.78, 5) is 28.9. The van der Waals surface area contributed by atoms with Gasteiger partial charge in [0.05, 0.1) is 18.7 Å². The number of carbonyl (C=O) groups excluding carboxylic acids is 2. The fourth-order valence-electron chi connectivity index (χ4n) is 3.44. The fourth-order valence-corrected chi connectivity index (χ4v) is 3.44. The summed E-state index contributed by atoms with van der Waals surface area (Å²) in [5, 5.41) is 12.1. The molecular formula is C27H27N3O3. The summed E-state index contributed by atoms with van der Waals surface area (Å²) < 4.78 is 5.26. The van der Waals surface area contributed by atoms with E-state index in [1.165, 1.54) is 4.90 Å². The van der Waals surface area contributed by atoms with Gasteiger partial charge in [0, 0.05) is 16.8 Å². The number of methoxy groups -OCH3 is 1. The maximum absolute atomic E-state index is 13.8. The van der Waals surface area contributed by atoms with Crippen LogP contribution in [0.1, 0.15) is 48.3 Å². The Morgan fingerprint density at radius 2 is 1.55 bits per heavy atom. The molecule has 3 aromatic rings. The molecule has 2 amide bonds. The zero-order valence-electron chi connectivity index (χ0n) is 19.2. The molecule has 0 aliphatic rings. The fraction of sp³-hybridized carbons (Fsp3) is 0.222. The summed E-state index contributed by atoms with van der Waals surface area (Å²) in [5.41, 5.74) is 1.55. The Morgan fingerprint density at radius 1 is 0.939 bits per heavy atom. The van der Waals surface area contributed by atoms with Crippen molar-refractivity contribution in [3.8, 4) is 11.8 Å². The molecule has 0 radical (unpaired) electrons. The molecule has 3 rings (SSSR count). The molecule has 1 atom stereocenters. The van der Waals surface area contributed by atoms with Gasteiger partial charge < -0.3 is 10.1 Å². The molecule has 0 saturated heterocycles. The number of nitrogens with one attached hydrogen (secondary N) is 1. The number of nitrogens with zero attached hydrogens (tertiary/aromatic N) is 2. The number of anilines is 1. The zero-order valence-corrected chi connectivity index (χ0v) is 19.2. The van der Waals surface area contributed by atoms with E-state index >= 15 is 0 Å². The summed E-state index contributed by atoms with van der Waals surface area (Å²) >= 11 is 0. The highest BCUT2D eigenvalue weighted by atomic mass is 16.5. The number of nitriles is 1. The first kappa shape index (κ1) is 23.6. The smallest absolute Gasteiger partial charge is 0.259 e. The molecule has 0 fully saturated rings. The second kappa shape index (κ2) is 10.0. The number of hydrogen-bond donors (Lipinski definition) is 1. The van der Waals surface area contributed by atoms with Gasteiger partial charge in [-0.25, -0.2) is 0 Å². The second-order valence-electron chi connectivity index (χ2n) is 8.61. The van der Waals surface area contributed by atoms with E-state index in [9.17, 15) is 9.59 Å². The second-order valence-corrected chi connectivity index (χ2v) is 8.61. The molecule has 0 saturated carbocycles. The van der Waals surface area contributed by atoms with E-state index in [1.54, 1.807) is 55.6 Å². The lowest BCUT2D eigenvalue weighted by Crippen LogP contribution is -2.49. The van der Waals surface area contributed by atoms with Crippen molar-refractivity contribution in [2.45, 2.75) is 32.4 Å². The Kier molecular flexibility index (Phi) is 7.14. The molecule has 0 aliphatic heterocycles. The van der Waals surface area contributed by atoms with Crippen molar-refractivity contribution in [3.05, 3.63) is 95.6 Å². The first-order valence-electron chi connectivity index (χ1n) is 10.6. The summed E-state index contributed by atoms with van der Waals surface area (Å²) in [6.45, 7) is 5.69. The maximum atomic E-state index is 13.8. The SMILES string of the molecule is COc1ccc(N(C(=O)c2ccc(C#N)cc2)C(C(=O)NC(C)(C)C)c2ccccc2)cc1. The average molecular weight is 442 g/mol. The van der Waals surface area contributed by atoms with Gasteiger partial charge in [0.2, 0.25) is 5.91 Å². The van der Waals surface area contributed by atoms with Gasteiger partial charge in [0.1, 0.15) is 11.8 Å². The molecule has 168 valence electrons. The standard InChI is InChI=1S/C27H27N3O3/c1-27(2,3)29-25(31)24(20-8-6-5-7-9-20)30(22-14-16-23(33-4)17-15-22)26(32)21-12-10-19(18-28)11-13-21/h5-17,24H,1-4H3,(H,29,31). The molecule has 1 N–H and O–H groups in total. The highest BCUT2D eigenvalue weighted by molar-refractivity contribution is 6.10. The topological polar surface area (TPSA) is 82.4 Å². The molecular weight excluding hydrogens is 414 g/mol. The van der Waals surface area contributed by atoms with Gasteiger partial charge >= 0.3 is 0 Å². The van der Waals surface area contributed by atoms with Crippen LogP contribution in [0.3, 0.4) is 0 Å². The van der Waals surface area contributed by atoms with Crippen molar-refractivity contribution in [1.82, 2.24) is 5.32 Å². The quantitative estimate of drug-likeness (QED) is 0.592. The van der Waals surface area contributed by atoms with Crippen LogP contribution >= 0.6 is 0 Å². The van der Waals surface area contributed by atoms with Crippen LogP contribution in [0.15, 0.2) is 78.9 Å². The molecule has 6 heteroatoms. The van der Waals surface area contributed by atoms with Crippen LogP contribution < -0.4 is 15.0 Å². The van der Waals surface area contributed by atoms with Gasteiger partial charge in [0.25, 0.3) is 5.91 Å². The number of rotatable bonds is 6. The van der Waals surface area contributed by atoms with Crippen molar-refractivity contribution in [1.29, 1.82) is 5.26 Å². The predicted molar refractivity (Wildman–Crippen MR) is 128 cm³/mol. The van der Waals surface area contributed by atoms with Gasteiger partial charge in [0.15, 0.2) is 0 Å². The van der Waals surface area contributed by atoms with Gasteiger partial charge in [-0.1, -0.05) is 30.3 Å². The summed E-state index contributed by atoms with van der Waals surface area (Å²) in [5.74, 6) is -0.0194. The van der Waals surface area contributed by atoms with Crippen LogP contribution in [0.25, 0.3) is 0 Å². The van der Waals surface area contributed by atoms with Crippen LogP contribution in [-0.4, -0.2) is 24.5 Å². The molecule has 3 aromatic carbocycles. The Morgan fingerprint density at radius 3 is 2.06 bits per heavy atom. The molecule has 0 bridgehead atoms. The summed E-state index contributed by atoms with van der Waals surface area (Å²) in [7, 11) is 1.57. The van der Waals surface area contributed by atoms with Crippen LogP contribution in [0, 0.1) is 11.3 Å². The van der Waals surface area contributed by atoms with E-state index in [1.807, 2.05) is 51.1 Å². The van der Waals surface area contributed by atoms with E-state index in [4.69, 9.17) is 10.00 Å². The van der Waals surface area contributed by atoms with Crippen LogP contribution in [0.4, 0.5) is 5.69 Å². The van der Waals surface area contributed by atoms with Crippen molar-refractivity contribution in [2.75, 3.05) is 12.0 Å². The Hall–Kier alpha value is -4.11. The molecule has 6 nitrogen and oxygen atoms in total. The molecule has 1 unspecified atom stereocenters. The van der Waals surface area contributed by atoms with E-state index in [-0.39, 0.29) is 11.8 Å². The van der Waals surface area contributed by atoms with Crippen molar-refractivity contribution < 1.29 is 14.3 Å². The highest BCUT2D eigenvalue weighted by Gasteiger charge is 2.34. The number of hydrogen-bond acceptors (Lipinski definition) is 4. The first-order valence-corrected chi connectivity index (χ1v) is 10.6. The first-order chi connectivity index (χ1) is 15.7. The van der Waals surface area contributed by atoms with Crippen LogP contribution in [0.2, 0.25) is 0 Å². The van der Waals surface area contributed by atoms with Crippen LogP contribution in [0.5, 0.6) is 5.75 Å². The third kappa shape index (κ3) is 5.78. The van der Waals surface area contributed by atoms with Gasteiger partial charge in [-0.15, -0.1) is 0 Å². The zero-order chi connectivity index (χ0) is 24.0. The van der Waals surface area contributed by atoms with Gasteiger partial charge in [-0.05, 0) is 74.9 Å². The summed E-state index contributed by atoms with van der Waals surface area (Å²) in [6.07, 6.45) is 0. The number of ether oxygens (including phenoxy) is 1. The Bertz CT molecular complexity index is 1140. The normalized spacial score (nSPS) is 11.7. The highest BCUT2D eigenvalue weighted by Crippen LogP contribution is 2.31. The maximum Gasteiger partial charge on any atom is 0.259 e. The van der Waals surface area contributed by atoms with Gasteiger partial charge in [-0.3, -0.25) is 14.5 Å². The molecule has 0 spiro atoms. The lowest BCUT2D eigenvalue weighted by Gasteiger charge is -2.34. The van der Waals surface area contributed by atoms with Crippen molar-refractivity contribution in [2.24, 2.45) is 0 Å². The third-order valence-electron chi connectivity index (χ3n) is 4.95. The third-order valence-corrected chi connectivity index (χ3v) is 4.95. The number of carbonyl (C=O) groups is 2. The van der Waals surface area contributed by atoms with Gasteiger partial charge in [-0.2, -0.15) is 5.26 Å². The number of amides is 2. The van der Waals surface area contributed by atoms with Crippen LogP contribution in [-0.2, 0) is 4.79 Å². The molecule has 0 aromatic heterocycles. The minimum atomic E-state index is -0.915. The van der Waals surface area contributed by atoms with Crippen molar-refractivity contribution >= 4 is 17.5 Å². The van der Waals surface area contributed by atoms with E-state index in [0.29, 0.717) is 28.1 Å². The predicted octanol–water partition coefficient (Wildman–Crippen LogP) is 4.87. The Balaban J connectivity index is 2.17. The minimum absolute atomic E-state index is 0.300. The average Bonchev–Trinajstić information content (AvgIpc) is 2.81. The summed E-state index contributed by atoms with van der Waals surface area (Å²) in [6, 6.07) is 23.7. The lowest BCUT2D eigenvalue weighted by molar-refractivity contribution is -0.123. The largest absolute Gasteiger partial charge is 0.497 e. The van der Waals surface area contributed by atoms with E-state index < -0.39 is 11.6 Å².